The molecule has 1 atom stereocenters. The van der Waals surface area contributed by atoms with Crippen LogP contribution in [0.15, 0.2) is 76.5 Å². The Morgan fingerprint density at radius 1 is 0.977 bits per heavy atom. The van der Waals surface area contributed by atoms with Crippen LogP contribution in [0.2, 0.25) is 0 Å². The second-order valence-corrected chi connectivity index (χ2v) is 14.7. The summed E-state index contributed by atoms with van der Waals surface area (Å²) in [5.41, 5.74) is -0.205. The molecule has 0 aliphatic carbocycles. The number of alkyl halides is 3. The zero-order chi connectivity index (χ0) is 31.0. The molecule has 0 saturated carbocycles. The van der Waals surface area contributed by atoms with Crippen LogP contribution in [0.1, 0.15) is 39.2 Å². The summed E-state index contributed by atoms with van der Waals surface area (Å²) >= 11 is 0. The van der Waals surface area contributed by atoms with Gasteiger partial charge in [0.05, 0.1) is 33.3 Å². The molecule has 2 N–H and O–H groups in total. The summed E-state index contributed by atoms with van der Waals surface area (Å²) in [6.07, 6.45) is -4.21. The van der Waals surface area contributed by atoms with Gasteiger partial charge in [-0.3, -0.25) is 18.8 Å². The number of halogens is 3. The van der Waals surface area contributed by atoms with Crippen LogP contribution in [0.4, 0.5) is 13.2 Å². The highest BCUT2D eigenvalue weighted by Gasteiger charge is 2.46. The van der Waals surface area contributed by atoms with E-state index in [1.807, 2.05) is 4.90 Å². The lowest BCUT2D eigenvalue weighted by Gasteiger charge is -2.35. The number of hydrogen-bond acceptors (Lipinski definition) is 7. The highest BCUT2D eigenvalue weighted by Crippen LogP contribution is 2.63. The van der Waals surface area contributed by atoms with Crippen molar-refractivity contribution in [2.24, 2.45) is 0 Å². The summed E-state index contributed by atoms with van der Waals surface area (Å²) in [6, 6.07) is 16.1. The maximum absolute atomic E-state index is 13.8. The molecule has 43 heavy (non-hydrogen) atoms. The first-order chi connectivity index (χ1) is 20.3. The fourth-order valence-corrected chi connectivity index (χ4v) is 10.1. The van der Waals surface area contributed by atoms with Gasteiger partial charge in [0.2, 0.25) is 0 Å². The van der Waals surface area contributed by atoms with Crippen molar-refractivity contribution < 1.29 is 40.2 Å². The fraction of sp³-hybridized carbons (Fsp3) is 0.367. The summed E-state index contributed by atoms with van der Waals surface area (Å²) in [5, 5.41) is -1.32. The number of piperazine rings is 1. The van der Waals surface area contributed by atoms with E-state index in [1.54, 1.807) is 36.1 Å². The van der Waals surface area contributed by atoms with Gasteiger partial charge in [-0.1, -0.05) is 36.4 Å². The third-order valence-corrected chi connectivity index (χ3v) is 12.0. The number of carbonyl (C=O) groups is 1. The number of amides is 1. The van der Waals surface area contributed by atoms with Crippen LogP contribution < -0.4 is 4.74 Å². The Morgan fingerprint density at radius 3 is 2.28 bits per heavy atom. The average Bonchev–Trinajstić information content (AvgIpc) is 3.28. The van der Waals surface area contributed by atoms with Crippen LogP contribution in [0.3, 0.4) is 0 Å². The van der Waals surface area contributed by atoms with Crippen molar-refractivity contribution in [1.29, 1.82) is 0 Å². The topological polar surface area (TPSA) is 107 Å². The first kappa shape index (κ1) is 31.3. The van der Waals surface area contributed by atoms with Gasteiger partial charge < -0.3 is 9.64 Å². The molecule has 2 heterocycles. The molecule has 3 aromatic rings. The Balaban J connectivity index is 1.36. The zero-order valence-electron chi connectivity index (χ0n) is 23.5. The van der Waals surface area contributed by atoms with Gasteiger partial charge >= 0.3 is 6.18 Å². The van der Waals surface area contributed by atoms with Crippen molar-refractivity contribution in [1.82, 2.24) is 9.80 Å². The first-order valence-electron chi connectivity index (χ1n) is 13.9. The lowest BCUT2D eigenvalue weighted by molar-refractivity contribution is -0.138. The summed E-state index contributed by atoms with van der Waals surface area (Å²) in [5.74, 6) is -0.807. The Bertz CT molecular complexity index is 1590. The van der Waals surface area contributed by atoms with Crippen molar-refractivity contribution in [3.8, 4) is 5.75 Å². The molecule has 5 rings (SSSR count). The molecule has 2 aliphatic rings. The molecule has 0 bridgehead atoms. The third-order valence-electron chi connectivity index (χ3n) is 7.86. The normalized spacial score (nSPS) is 19.6. The van der Waals surface area contributed by atoms with Gasteiger partial charge in [-0.2, -0.15) is 23.8 Å². The van der Waals surface area contributed by atoms with Crippen molar-refractivity contribution in [3.63, 3.8) is 0 Å². The smallest absolute Gasteiger partial charge is 0.416 e. The van der Waals surface area contributed by atoms with E-state index < -0.39 is 49.1 Å². The van der Waals surface area contributed by atoms with Gasteiger partial charge in [0.1, 0.15) is 11.0 Å². The van der Waals surface area contributed by atoms with Gasteiger partial charge in [0.15, 0.2) is 9.84 Å². The molecule has 0 spiro atoms. The van der Waals surface area contributed by atoms with Gasteiger partial charge in [-0.15, -0.1) is 0 Å². The molecule has 232 valence electrons. The second-order valence-electron chi connectivity index (χ2n) is 10.5. The maximum atomic E-state index is 13.8. The molecular weight excluding hydrogens is 605 g/mol. The number of rotatable bonds is 8. The van der Waals surface area contributed by atoms with E-state index in [2.05, 4.69) is 0 Å². The number of ether oxygens (including phenoxy) is 1. The minimum Gasteiger partial charge on any atom is -0.493 e. The number of fused-ring (bicyclic) bond motifs is 1. The van der Waals surface area contributed by atoms with Crippen molar-refractivity contribution >= 4 is 26.3 Å². The van der Waals surface area contributed by atoms with E-state index in [0.717, 1.165) is 6.07 Å². The fourth-order valence-electron chi connectivity index (χ4n) is 5.68. The lowest BCUT2D eigenvalue weighted by atomic mass is 10.0. The number of hydrogen-bond donors (Lipinski definition) is 2. The number of nitrogens with zero attached hydrogens (tertiary/aromatic N) is 2. The van der Waals surface area contributed by atoms with Crippen molar-refractivity contribution in [2.45, 2.75) is 34.6 Å². The molecule has 1 amide bonds. The van der Waals surface area contributed by atoms with Gasteiger partial charge in [0, 0.05) is 38.3 Å². The Kier molecular flexibility index (Phi) is 8.83. The summed E-state index contributed by atoms with van der Waals surface area (Å²) in [4.78, 5) is 17.4. The van der Waals surface area contributed by atoms with Crippen LogP contribution in [-0.2, 0) is 22.4 Å². The Hall–Kier alpha value is -3.10. The summed E-state index contributed by atoms with van der Waals surface area (Å²) in [7, 11) is -7.53. The number of benzene rings is 3. The van der Waals surface area contributed by atoms with E-state index in [9.17, 15) is 35.5 Å². The van der Waals surface area contributed by atoms with E-state index in [1.165, 1.54) is 36.4 Å². The van der Waals surface area contributed by atoms with Crippen molar-refractivity contribution in [2.75, 3.05) is 45.1 Å². The standard InChI is InChI=1S/C30H33F3N2O6S2/c1-2-41-28-23(12-13-25-27(28)26(20-42(25,37)38)43(39,40)22-9-4-3-5-10-22)29(36)35-18-16-34(17-19-35)15-14-21-8-6-7-11-24(21)30(31,32)33/h3-13,26,37-38H,2,14-20H2,1H3. The van der Waals surface area contributed by atoms with E-state index in [-0.39, 0.29) is 45.3 Å². The Morgan fingerprint density at radius 2 is 1.63 bits per heavy atom. The molecule has 1 saturated heterocycles. The number of carbonyl (C=O) groups excluding carboxylic acids is 1. The van der Waals surface area contributed by atoms with Crippen LogP contribution in [-0.4, -0.2) is 78.3 Å². The Labute approximate surface area is 250 Å². The number of sulfone groups is 1. The average molecular weight is 639 g/mol. The molecule has 0 radical (unpaired) electrons. The predicted molar refractivity (Wildman–Crippen MR) is 157 cm³/mol. The molecule has 0 aromatic heterocycles. The molecule has 3 aromatic carbocycles. The molecule has 1 fully saturated rings. The van der Waals surface area contributed by atoms with Crippen LogP contribution in [0.25, 0.3) is 0 Å². The van der Waals surface area contributed by atoms with Gasteiger partial charge in [-0.05, 0) is 49.2 Å². The van der Waals surface area contributed by atoms with Crippen LogP contribution in [0.5, 0.6) is 5.75 Å². The monoisotopic (exact) mass is 638 g/mol. The van der Waals surface area contributed by atoms with Gasteiger partial charge in [-0.25, -0.2) is 8.42 Å². The molecule has 8 nitrogen and oxygen atoms in total. The van der Waals surface area contributed by atoms with Crippen LogP contribution >= 0.6 is 10.6 Å². The largest absolute Gasteiger partial charge is 0.493 e. The van der Waals surface area contributed by atoms with Crippen LogP contribution in [0, 0.1) is 0 Å². The van der Waals surface area contributed by atoms with E-state index in [0.29, 0.717) is 32.7 Å². The zero-order valence-corrected chi connectivity index (χ0v) is 25.1. The minimum atomic E-state index is -4.43. The molecule has 13 heteroatoms. The molecule has 1 unspecified atom stereocenters. The predicted octanol–water partition coefficient (Wildman–Crippen LogP) is 5.74. The molecule has 2 aliphatic heterocycles. The lowest BCUT2D eigenvalue weighted by Crippen LogP contribution is -2.49. The SMILES string of the molecule is CCOc1c(C(=O)N2CCN(CCc3ccccc3C(F)(F)F)CC2)ccc2c1C(S(=O)(=O)c1ccccc1)CS2(O)O. The third kappa shape index (κ3) is 6.27. The van der Waals surface area contributed by atoms with E-state index >= 15 is 0 Å². The maximum Gasteiger partial charge on any atom is 0.416 e. The minimum absolute atomic E-state index is 0.0243. The van der Waals surface area contributed by atoms with E-state index in [4.69, 9.17) is 4.74 Å². The quantitative estimate of drug-likeness (QED) is 0.324. The molecular formula is C30H33F3N2O6S2. The summed E-state index contributed by atoms with van der Waals surface area (Å²) < 4.78 is 95.1. The summed E-state index contributed by atoms with van der Waals surface area (Å²) in [6.45, 7) is 3.71. The second kappa shape index (κ2) is 12.1. The highest BCUT2D eigenvalue weighted by molar-refractivity contribution is 8.25. The first-order valence-corrected chi connectivity index (χ1v) is 17.1. The highest BCUT2D eigenvalue weighted by atomic mass is 32.3. The van der Waals surface area contributed by atoms with Gasteiger partial charge in [0.25, 0.3) is 5.91 Å². The van der Waals surface area contributed by atoms with Crippen molar-refractivity contribution in [3.05, 3.63) is 89.0 Å².